The number of hydrogen-bond acceptors (Lipinski definition) is 6. The van der Waals surface area contributed by atoms with E-state index in [0.29, 0.717) is 24.5 Å². The predicted molar refractivity (Wildman–Crippen MR) is 77.8 cm³/mol. The Labute approximate surface area is 132 Å². The summed E-state index contributed by atoms with van der Waals surface area (Å²) in [4.78, 5) is 23.5. The average Bonchev–Trinajstić information content (AvgIpc) is 3.19. The zero-order valence-corrected chi connectivity index (χ0v) is 12.5. The van der Waals surface area contributed by atoms with Crippen molar-refractivity contribution in [2.75, 3.05) is 26.6 Å². The minimum absolute atomic E-state index is 0.0106. The molecule has 124 valence electrons. The number of rotatable bonds is 4. The summed E-state index contributed by atoms with van der Waals surface area (Å²) < 4.78 is 15.5. The van der Waals surface area contributed by atoms with Crippen LogP contribution in [0.15, 0.2) is 18.2 Å². The van der Waals surface area contributed by atoms with Gasteiger partial charge in [0.1, 0.15) is 5.60 Å². The van der Waals surface area contributed by atoms with Crippen LogP contribution in [-0.4, -0.2) is 49.1 Å². The maximum atomic E-state index is 11.8. The molecule has 8 nitrogen and oxygen atoms in total. The fourth-order valence-electron chi connectivity index (χ4n) is 2.37. The Morgan fingerprint density at radius 2 is 1.96 bits per heavy atom. The Morgan fingerprint density at radius 3 is 2.74 bits per heavy atom. The molecule has 2 aliphatic rings. The van der Waals surface area contributed by atoms with Crippen LogP contribution < -0.4 is 20.1 Å². The van der Waals surface area contributed by atoms with Crippen molar-refractivity contribution in [3.63, 3.8) is 0 Å². The number of amides is 2. The number of ether oxygens (including phenoxy) is 3. The molecule has 1 fully saturated rings. The molecule has 0 saturated carbocycles. The SMILES string of the molecule is O=C(NCc1ccc2c(c1)OCO2)C(=O)NC[C@]1(O)CCOC1. The summed E-state index contributed by atoms with van der Waals surface area (Å²) in [5.41, 5.74) is -0.300. The molecule has 2 amide bonds. The van der Waals surface area contributed by atoms with Gasteiger partial charge in [0.2, 0.25) is 6.79 Å². The summed E-state index contributed by atoms with van der Waals surface area (Å²) in [5, 5.41) is 15.0. The summed E-state index contributed by atoms with van der Waals surface area (Å²) in [6, 6.07) is 5.28. The van der Waals surface area contributed by atoms with Gasteiger partial charge in [0.15, 0.2) is 11.5 Å². The standard InChI is InChI=1S/C15H18N2O6/c18-13(14(19)17-7-15(20)3-4-21-8-15)16-6-10-1-2-11-12(5-10)23-9-22-11/h1-2,5,20H,3-4,6-9H2,(H,16,18)(H,17,19)/t15-/m1/s1. The number of aliphatic hydroxyl groups is 1. The summed E-state index contributed by atoms with van der Waals surface area (Å²) in [6.07, 6.45) is 0.437. The fourth-order valence-corrected chi connectivity index (χ4v) is 2.37. The maximum absolute atomic E-state index is 11.8. The van der Waals surface area contributed by atoms with E-state index in [4.69, 9.17) is 14.2 Å². The lowest BCUT2D eigenvalue weighted by Crippen LogP contribution is -2.47. The Bertz CT molecular complexity index is 612. The first kappa shape index (κ1) is 15.6. The largest absolute Gasteiger partial charge is 0.454 e. The van der Waals surface area contributed by atoms with Crippen molar-refractivity contribution < 1.29 is 28.9 Å². The number of nitrogens with one attached hydrogen (secondary N) is 2. The molecule has 1 aromatic rings. The summed E-state index contributed by atoms with van der Waals surface area (Å²) >= 11 is 0. The van der Waals surface area contributed by atoms with Crippen LogP contribution in [0.1, 0.15) is 12.0 Å². The molecule has 3 N–H and O–H groups in total. The highest BCUT2D eigenvalue weighted by Crippen LogP contribution is 2.32. The van der Waals surface area contributed by atoms with Gasteiger partial charge in [-0.2, -0.15) is 0 Å². The van der Waals surface area contributed by atoms with Gasteiger partial charge in [0.05, 0.1) is 6.61 Å². The van der Waals surface area contributed by atoms with Gasteiger partial charge in [-0.25, -0.2) is 0 Å². The predicted octanol–water partition coefficient (Wildman–Crippen LogP) is -0.701. The average molecular weight is 322 g/mol. The molecule has 0 unspecified atom stereocenters. The van der Waals surface area contributed by atoms with Crippen LogP contribution in [0.25, 0.3) is 0 Å². The van der Waals surface area contributed by atoms with Gasteiger partial charge in [-0.05, 0) is 17.7 Å². The third kappa shape index (κ3) is 3.72. The van der Waals surface area contributed by atoms with E-state index in [-0.39, 0.29) is 26.5 Å². The van der Waals surface area contributed by atoms with Gasteiger partial charge < -0.3 is 30.0 Å². The number of carbonyl (C=O) groups excluding carboxylic acids is 2. The first-order chi connectivity index (χ1) is 11.1. The van der Waals surface area contributed by atoms with E-state index in [0.717, 1.165) is 5.56 Å². The second-order valence-electron chi connectivity index (χ2n) is 5.58. The van der Waals surface area contributed by atoms with Crippen molar-refractivity contribution in [3.8, 4) is 11.5 Å². The molecule has 1 atom stereocenters. The van der Waals surface area contributed by atoms with E-state index in [1.807, 2.05) is 0 Å². The molecule has 3 rings (SSSR count). The monoisotopic (exact) mass is 322 g/mol. The van der Waals surface area contributed by atoms with E-state index >= 15 is 0 Å². The lowest BCUT2D eigenvalue weighted by atomic mass is 10.0. The zero-order valence-electron chi connectivity index (χ0n) is 12.5. The minimum atomic E-state index is -1.09. The van der Waals surface area contributed by atoms with Gasteiger partial charge in [-0.3, -0.25) is 9.59 Å². The second-order valence-corrected chi connectivity index (χ2v) is 5.58. The number of hydrogen-bond donors (Lipinski definition) is 3. The molecule has 0 aliphatic carbocycles. The molecule has 0 bridgehead atoms. The topological polar surface area (TPSA) is 106 Å². The molecule has 8 heteroatoms. The van der Waals surface area contributed by atoms with Crippen molar-refractivity contribution in [3.05, 3.63) is 23.8 Å². The maximum Gasteiger partial charge on any atom is 0.309 e. The quantitative estimate of drug-likeness (QED) is 0.633. The van der Waals surface area contributed by atoms with Crippen LogP contribution in [0.2, 0.25) is 0 Å². The highest BCUT2D eigenvalue weighted by molar-refractivity contribution is 6.35. The van der Waals surface area contributed by atoms with Crippen molar-refractivity contribution in [2.45, 2.75) is 18.6 Å². The summed E-state index contributed by atoms with van der Waals surface area (Å²) in [5.74, 6) is -0.272. The van der Waals surface area contributed by atoms with Crippen LogP contribution in [-0.2, 0) is 20.9 Å². The number of fused-ring (bicyclic) bond motifs is 1. The molecule has 0 aromatic heterocycles. The first-order valence-electron chi connectivity index (χ1n) is 7.30. The van der Waals surface area contributed by atoms with E-state index in [9.17, 15) is 14.7 Å². The lowest BCUT2D eigenvalue weighted by molar-refractivity contribution is -0.139. The molecular weight excluding hydrogens is 304 g/mol. The van der Waals surface area contributed by atoms with Crippen LogP contribution in [0.5, 0.6) is 11.5 Å². The minimum Gasteiger partial charge on any atom is -0.454 e. The highest BCUT2D eigenvalue weighted by Gasteiger charge is 2.33. The molecule has 1 saturated heterocycles. The normalized spacial score (nSPS) is 22.0. The van der Waals surface area contributed by atoms with E-state index in [1.165, 1.54) is 0 Å². The van der Waals surface area contributed by atoms with Crippen LogP contribution >= 0.6 is 0 Å². The smallest absolute Gasteiger partial charge is 0.309 e. The van der Waals surface area contributed by atoms with Gasteiger partial charge in [-0.1, -0.05) is 6.07 Å². The lowest BCUT2D eigenvalue weighted by Gasteiger charge is -2.20. The van der Waals surface area contributed by atoms with Crippen molar-refractivity contribution >= 4 is 11.8 Å². The van der Waals surface area contributed by atoms with E-state index in [2.05, 4.69) is 10.6 Å². The first-order valence-corrected chi connectivity index (χ1v) is 7.30. The molecule has 0 radical (unpaired) electrons. The molecule has 0 spiro atoms. The van der Waals surface area contributed by atoms with Crippen molar-refractivity contribution in [2.24, 2.45) is 0 Å². The third-order valence-corrected chi connectivity index (χ3v) is 3.76. The Kier molecular flexibility index (Phi) is 4.35. The summed E-state index contributed by atoms with van der Waals surface area (Å²) in [6.45, 7) is 0.967. The van der Waals surface area contributed by atoms with E-state index in [1.54, 1.807) is 18.2 Å². The Morgan fingerprint density at radius 1 is 1.17 bits per heavy atom. The van der Waals surface area contributed by atoms with Gasteiger partial charge in [0.25, 0.3) is 0 Å². The van der Waals surface area contributed by atoms with Gasteiger partial charge in [0, 0.05) is 26.1 Å². The fraction of sp³-hybridized carbons (Fsp3) is 0.467. The Balaban J connectivity index is 1.46. The molecule has 23 heavy (non-hydrogen) atoms. The summed E-state index contributed by atoms with van der Waals surface area (Å²) in [7, 11) is 0. The van der Waals surface area contributed by atoms with Crippen molar-refractivity contribution in [1.82, 2.24) is 10.6 Å². The second kappa shape index (κ2) is 6.43. The zero-order chi connectivity index (χ0) is 16.3. The number of benzene rings is 1. The van der Waals surface area contributed by atoms with E-state index < -0.39 is 17.4 Å². The number of carbonyl (C=O) groups is 2. The highest BCUT2D eigenvalue weighted by atomic mass is 16.7. The van der Waals surface area contributed by atoms with Crippen LogP contribution in [0.3, 0.4) is 0 Å². The Hall–Kier alpha value is -2.32. The van der Waals surface area contributed by atoms with Gasteiger partial charge in [-0.15, -0.1) is 0 Å². The van der Waals surface area contributed by atoms with Crippen molar-refractivity contribution in [1.29, 1.82) is 0 Å². The third-order valence-electron chi connectivity index (χ3n) is 3.76. The molecule has 2 heterocycles. The molecule has 1 aromatic carbocycles. The van der Waals surface area contributed by atoms with Crippen LogP contribution in [0, 0.1) is 0 Å². The van der Waals surface area contributed by atoms with Crippen LogP contribution in [0.4, 0.5) is 0 Å². The molecule has 2 aliphatic heterocycles. The van der Waals surface area contributed by atoms with Gasteiger partial charge >= 0.3 is 11.8 Å². The molecular formula is C15H18N2O6.